The van der Waals surface area contributed by atoms with Crippen molar-refractivity contribution in [3.63, 3.8) is 0 Å². The monoisotopic (exact) mass is 372 g/mol. The number of unbranched alkanes of at least 4 members (excludes halogenated alkanes) is 4. The van der Waals surface area contributed by atoms with E-state index in [1.54, 1.807) is 6.07 Å². The van der Waals surface area contributed by atoms with Crippen molar-refractivity contribution < 1.29 is 22.3 Å². The lowest BCUT2D eigenvalue weighted by atomic mass is 9.89. The maximum absolute atomic E-state index is 14.1. The molecule has 1 heterocycles. The second kappa shape index (κ2) is 10.1. The number of rotatable bonds is 8. The summed E-state index contributed by atoms with van der Waals surface area (Å²) < 4.78 is 56.6. The van der Waals surface area contributed by atoms with Crippen LogP contribution in [0.15, 0.2) is 24.3 Å². The van der Waals surface area contributed by atoms with E-state index in [-0.39, 0.29) is 23.7 Å². The lowest BCUT2D eigenvalue weighted by Gasteiger charge is -2.29. The third-order valence-corrected chi connectivity index (χ3v) is 4.95. The molecule has 1 aromatic carbocycles. The quantitative estimate of drug-likeness (QED) is 0.352. The average molecular weight is 372 g/mol. The van der Waals surface area contributed by atoms with Crippen LogP contribution in [-0.2, 0) is 4.74 Å². The van der Waals surface area contributed by atoms with Gasteiger partial charge in [-0.25, -0.2) is 4.39 Å². The number of ether oxygens (including phenoxy) is 1. The summed E-state index contributed by atoms with van der Waals surface area (Å²) in [6, 6.07) is 4.46. The Kier molecular flexibility index (Phi) is 8.14. The molecule has 2 rings (SSSR count). The molecule has 1 fully saturated rings. The minimum atomic E-state index is -4.44. The first-order chi connectivity index (χ1) is 12.4. The summed E-state index contributed by atoms with van der Waals surface area (Å²) in [6.45, 7) is 2.75. The van der Waals surface area contributed by atoms with Gasteiger partial charge >= 0.3 is 6.18 Å². The molecule has 0 aromatic heterocycles. The number of alkyl halides is 3. The third kappa shape index (κ3) is 7.10. The summed E-state index contributed by atoms with van der Waals surface area (Å²) in [5.74, 6) is -0.512. The van der Waals surface area contributed by atoms with Crippen LogP contribution in [0.3, 0.4) is 0 Å². The number of halogens is 4. The first-order valence-corrected chi connectivity index (χ1v) is 9.56. The van der Waals surface area contributed by atoms with Crippen LogP contribution >= 0.6 is 0 Å². The van der Waals surface area contributed by atoms with Crippen LogP contribution < -0.4 is 0 Å². The van der Waals surface area contributed by atoms with Crippen molar-refractivity contribution in [2.24, 2.45) is 0 Å². The van der Waals surface area contributed by atoms with Crippen molar-refractivity contribution in [2.45, 2.75) is 76.5 Å². The number of hydrogen-bond donors (Lipinski definition) is 0. The maximum atomic E-state index is 14.1. The Morgan fingerprint density at radius 2 is 1.88 bits per heavy atom. The summed E-state index contributed by atoms with van der Waals surface area (Å²) in [4.78, 5) is 0. The molecule has 2 atom stereocenters. The van der Waals surface area contributed by atoms with Gasteiger partial charge in [0.15, 0.2) is 0 Å². The highest BCUT2D eigenvalue weighted by Crippen LogP contribution is 2.31. The first-order valence-electron chi connectivity index (χ1n) is 9.56. The molecule has 1 aliphatic rings. The van der Waals surface area contributed by atoms with Crippen LogP contribution in [-0.4, -0.2) is 18.9 Å². The van der Waals surface area contributed by atoms with Gasteiger partial charge in [0.2, 0.25) is 0 Å². The van der Waals surface area contributed by atoms with Gasteiger partial charge in [0.05, 0.1) is 12.7 Å². The lowest BCUT2D eigenvalue weighted by molar-refractivity contribution is -0.0790. The van der Waals surface area contributed by atoms with Crippen LogP contribution in [0.4, 0.5) is 17.6 Å². The molecule has 1 aromatic rings. The largest absolute Gasteiger partial charge is 0.409 e. The van der Waals surface area contributed by atoms with Crippen molar-refractivity contribution in [1.82, 2.24) is 0 Å². The minimum Gasteiger partial charge on any atom is -0.378 e. The van der Waals surface area contributed by atoms with E-state index < -0.39 is 12.0 Å². The Balaban J connectivity index is 1.82. The maximum Gasteiger partial charge on any atom is 0.409 e. The SMILES string of the molecule is CCCCCCCC1CCC(c2ccc(C=CC(F)(F)F)c(F)c2)CO1. The van der Waals surface area contributed by atoms with Gasteiger partial charge in [-0.15, -0.1) is 0 Å². The first kappa shape index (κ1) is 20.9. The van der Waals surface area contributed by atoms with Gasteiger partial charge in [-0.2, -0.15) is 13.2 Å². The van der Waals surface area contributed by atoms with E-state index in [1.165, 1.54) is 44.2 Å². The number of allylic oxidation sites excluding steroid dienone is 1. The normalized spacial score (nSPS) is 21.4. The fourth-order valence-corrected chi connectivity index (χ4v) is 3.39. The van der Waals surface area contributed by atoms with Crippen molar-refractivity contribution >= 4 is 6.08 Å². The fourth-order valence-electron chi connectivity index (χ4n) is 3.39. The zero-order valence-electron chi connectivity index (χ0n) is 15.3. The molecule has 1 aliphatic heterocycles. The number of benzene rings is 1. The highest BCUT2D eigenvalue weighted by Gasteiger charge is 2.24. The highest BCUT2D eigenvalue weighted by atomic mass is 19.4. The smallest absolute Gasteiger partial charge is 0.378 e. The summed E-state index contributed by atoms with van der Waals surface area (Å²) in [7, 11) is 0. The fraction of sp³-hybridized carbons (Fsp3) is 0.619. The van der Waals surface area contributed by atoms with Crippen LogP contribution in [0.1, 0.15) is 75.3 Å². The molecule has 146 valence electrons. The molecule has 0 amide bonds. The van der Waals surface area contributed by atoms with E-state index in [2.05, 4.69) is 6.92 Å². The molecule has 0 bridgehead atoms. The van der Waals surface area contributed by atoms with E-state index >= 15 is 0 Å². The Bertz CT molecular complexity index is 572. The molecule has 0 saturated carbocycles. The van der Waals surface area contributed by atoms with Gasteiger partial charge in [-0.3, -0.25) is 0 Å². The molecular weight excluding hydrogens is 344 g/mol. The average Bonchev–Trinajstić information content (AvgIpc) is 2.60. The van der Waals surface area contributed by atoms with Gasteiger partial charge in [-0.1, -0.05) is 51.2 Å². The predicted molar refractivity (Wildman–Crippen MR) is 96.6 cm³/mol. The van der Waals surface area contributed by atoms with Crippen molar-refractivity contribution in [1.29, 1.82) is 0 Å². The molecule has 2 unspecified atom stereocenters. The van der Waals surface area contributed by atoms with Gasteiger partial charge in [0, 0.05) is 17.6 Å². The topological polar surface area (TPSA) is 9.23 Å². The number of hydrogen-bond acceptors (Lipinski definition) is 1. The molecule has 1 nitrogen and oxygen atoms in total. The Hall–Kier alpha value is -1.36. The zero-order valence-corrected chi connectivity index (χ0v) is 15.3. The van der Waals surface area contributed by atoms with E-state index in [9.17, 15) is 17.6 Å². The Labute approximate surface area is 153 Å². The minimum absolute atomic E-state index is 0.0484. The van der Waals surface area contributed by atoms with Crippen LogP contribution in [0.25, 0.3) is 6.08 Å². The second-order valence-electron chi connectivity index (χ2n) is 7.09. The van der Waals surface area contributed by atoms with Gasteiger partial charge in [0.1, 0.15) is 5.82 Å². The molecule has 0 radical (unpaired) electrons. The molecule has 0 N–H and O–H groups in total. The van der Waals surface area contributed by atoms with Crippen molar-refractivity contribution in [2.75, 3.05) is 6.61 Å². The molecule has 0 aliphatic carbocycles. The summed E-state index contributed by atoms with van der Waals surface area (Å²) in [5, 5.41) is 0. The van der Waals surface area contributed by atoms with E-state index in [0.29, 0.717) is 6.61 Å². The van der Waals surface area contributed by atoms with Gasteiger partial charge in [-0.05, 0) is 37.0 Å². The van der Waals surface area contributed by atoms with Gasteiger partial charge < -0.3 is 4.74 Å². The van der Waals surface area contributed by atoms with E-state index in [1.807, 2.05) is 0 Å². The van der Waals surface area contributed by atoms with E-state index in [4.69, 9.17) is 4.74 Å². The summed E-state index contributed by atoms with van der Waals surface area (Å²) in [5.41, 5.74) is 0.751. The zero-order chi connectivity index (χ0) is 19.0. The highest BCUT2D eigenvalue weighted by molar-refractivity contribution is 5.51. The molecule has 5 heteroatoms. The molecule has 0 spiro atoms. The Morgan fingerprint density at radius 3 is 2.50 bits per heavy atom. The lowest BCUT2D eigenvalue weighted by Crippen LogP contribution is -2.24. The second-order valence-corrected chi connectivity index (χ2v) is 7.09. The standard InChI is InChI=1S/C21H28F4O/c1-2-3-4-5-6-7-19-11-10-18(15-26-19)17-9-8-16(20(22)14-17)12-13-21(23,24)25/h8-9,12-14,18-19H,2-7,10-11,15H2,1H3. The van der Waals surface area contributed by atoms with Crippen molar-refractivity contribution in [3.8, 4) is 0 Å². The molecule has 26 heavy (non-hydrogen) atoms. The predicted octanol–water partition coefficient (Wildman–Crippen LogP) is 7.02. The van der Waals surface area contributed by atoms with Crippen molar-refractivity contribution in [3.05, 3.63) is 41.2 Å². The third-order valence-electron chi connectivity index (χ3n) is 4.95. The molecule has 1 saturated heterocycles. The van der Waals surface area contributed by atoms with Crippen LogP contribution in [0, 0.1) is 5.82 Å². The molecular formula is C21H28F4O. The van der Waals surface area contributed by atoms with Crippen LogP contribution in [0.5, 0.6) is 0 Å². The summed E-state index contributed by atoms with van der Waals surface area (Å²) >= 11 is 0. The summed E-state index contributed by atoms with van der Waals surface area (Å²) in [6.07, 6.45) is 5.86. The van der Waals surface area contributed by atoms with Crippen LogP contribution in [0.2, 0.25) is 0 Å². The van der Waals surface area contributed by atoms with Gasteiger partial charge in [0.25, 0.3) is 0 Å². The Morgan fingerprint density at radius 1 is 1.12 bits per heavy atom. The van der Waals surface area contributed by atoms with E-state index in [0.717, 1.165) is 30.9 Å².